The minimum atomic E-state index is 0.337. The molecule has 19 heavy (non-hydrogen) atoms. The predicted molar refractivity (Wildman–Crippen MR) is 78.6 cm³/mol. The Morgan fingerprint density at radius 2 is 2.11 bits per heavy atom. The molecule has 1 heterocycles. The molecule has 0 saturated heterocycles. The Morgan fingerprint density at radius 1 is 1.37 bits per heavy atom. The van der Waals surface area contributed by atoms with Crippen molar-refractivity contribution in [2.75, 3.05) is 12.4 Å². The van der Waals surface area contributed by atoms with Gasteiger partial charge < -0.3 is 14.6 Å². The third-order valence-electron chi connectivity index (χ3n) is 2.95. The number of hydrogen-bond acceptors (Lipinski definition) is 3. The lowest BCUT2D eigenvalue weighted by molar-refractivity contribution is 0.416. The summed E-state index contributed by atoms with van der Waals surface area (Å²) in [6.07, 6.45) is 3.72. The Morgan fingerprint density at radius 3 is 2.74 bits per heavy atom. The molecule has 0 spiro atoms. The Hall–Kier alpha value is -1.68. The molecule has 0 aliphatic heterocycles. The first-order chi connectivity index (χ1) is 9.02. The number of anilines is 2. The predicted octanol–water partition coefficient (Wildman–Crippen LogP) is 4.18. The van der Waals surface area contributed by atoms with Crippen LogP contribution in [0.2, 0.25) is 5.02 Å². The highest BCUT2D eigenvalue weighted by Crippen LogP contribution is 2.33. The van der Waals surface area contributed by atoms with Gasteiger partial charge in [-0.3, -0.25) is 0 Å². The average molecular weight is 280 g/mol. The first-order valence-corrected chi connectivity index (χ1v) is 6.54. The first-order valence-electron chi connectivity index (χ1n) is 6.17. The fourth-order valence-corrected chi connectivity index (χ4v) is 2.03. The molecule has 1 N–H and O–H groups in total. The Bertz CT molecular complexity index is 578. The van der Waals surface area contributed by atoms with Crippen molar-refractivity contribution < 1.29 is 4.74 Å². The second-order valence-corrected chi connectivity index (χ2v) is 5.09. The molecular formula is C14H18ClN3O. The van der Waals surface area contributed by atoms with Crippen LogP contribution in [0.25, 0.3) is 0 Å². The lowest BCUT2D eigenvalue weighted by atomic mass is 10.2. The summed E-state index contributed by atoms with van der Waals surface area (Å²) >= 11 is 6.10. The summed E-state index contributed by atoms with van der Waals surface area (Å²) in [4.78, 5) is 4.32. The number of methoxy groups -OCH3 is 1. The third-order valence-corrected chi connectivity index (χ3v) is 3.36. The maximum Gasteiger partial charge on any atom is 0.207 e. The second-order valence-electron chi connectivity index (χ2n) is 4.68. The number of benzene rings is 1. The highest BCUT2D eigenvalue weighted by molar-refractivity contribution is 6.31. The van der Waals surface area contributed by atoms with Crippen LogP contribution < -0.4 is 10.1 Å². The van der Waals surface area contributed by atoms with Crippen molar-refractivity contribution >= 4 is 23.2 Å². The minimum absolute atomic E-state index is 0.337. The van der Waals surface area contributed by atoms with Gasteiger partial charge in [0.05, 0.1) is 12.8 Å². The fraction of sp³-hybridized carbons (Fsp3) is 0.357. The second kappa shape index (κ2) is 5.53. The molecule has 0 saturated carbocycles. The highest BCUT2D eigenvalue weighted by Gasteiger charge is 2.11. The molecule has 2 aromatic rings. The molecule has 0 unspecified atom stereocenters. The van der Waals surface area contributed by atoms with Gasteiger partial charge in [0, 0.05) is 29.5 Å². The van der Waals surface area contributed by atoms with E-state index in [0.29, 0.717) is 16.8 Å². The van der Waals surface area contributed by atoms with Crippen LogP contribution in [0.4, 0.5) is 11.6 Å². The van der Waals surface area contributed by atoms with Gasteiger partial charge in [-0.1, -0.05) is 11.6 Å². The van der Waals surface area contributed by atoms with Gasteiger partial charge in [0.1, 0.15) is 5.75 Å². The molecule has 0 aliphatic carbocycles. The Labute approximate surface area is 118 Å². The molecule has 0 amide bonds. The zero-order chi connectivity index (χ0) is 14.0. The number of imidazole rings is 1. The average Bonchev–Trinajstić information content (AvgIpc) is 2.81. The molecule has 5 heteroatoms. The summed E-state index contributed by atoms with van der Waals surface area (Å²) in [5.74, 6) is 1.49. The summed E-state index contributed by atoms with van der Waals surface area (Å²) < 4.78 is 7.41. The van der Waals surface area contributed by atoms with Crippen LogP contribution in [0.1, 0.15) is 25.5 Å². The van der Waals surface area contributed by atoms with Crippen molar-refractivity contribution in [1.29, 1.82) is 0 Å². The molecular weight excluding hydrogens is 262 g/mol. The van der Waals surface area contributed by atoms with Crippen molar-refractivity contribution in [3.05, 3.63) is 35.1 Å². The molecule has 0 aliphatic rings. The monoisotopic (exact) mass is 279 g/mol. The summed E-state index contributed by atoms with van der Waals surface area (Å²) in [5.41, 5.74) is 1.85. The van der Waals surface area contributed by atoms with E-state index in [-0.39, 0.29) is 0 Å². The summed E-state index contributed by atoms with van der Waals surface area (Å²) in [6.45, 7) is 6.18. The van der Waals surface area contributed by atoms with Gasteiger partial charge in [-0.05, 0) is 32.4 Å². The maximum absolute atomic E-state index is 6.10. The van der Waals surface area contributed by atoms with E-state index in [9.17, 15) is 0 Å². The van der Waals surface area contributed by atoms with Crippen molar-refractivity contribution in [1.82, 2.24) is 9.55 Å². The zero-order valence-corrected chi connectivity index (χ0v) is 12.3. The van der Waals surface area contributed by atoms with E-state index >= 15 is 0 Å². The number of nitrogens with zero attached hydrogens (tertiary/aromatic N) is 2. The van der Waals surface area contributed by atoms with Gasteiger partial charge in [0.25, 0.3) is 0 Å². The minimum Gasteiger partial charge on any atom is -0.495 e. The first kappa shape index (κ1) is 13.7. The van der Waals surface area contributed by atoms with E-state index in [1.165, 1.54) is 0 Å². The normalized spacial score (nSPS) is 10.8. The molecule has 0 bridgehead atoms. The smallest absolute Gasteiger partial charge is 0.207 e. The fourth-order valence-electron chi connectivity index (χ4n) is 1.88. The van der Waals surface area contributed by atoms with E-state index in [1.807, 2.05) is 25.3 Å². The summed E-state index contributed by atoms with van der Waals surface area (Å²) in [5, 5.41) is 3.98. The lowest BCUT2D eigenvalue weighted by Gasteiger charge is -2.15. The Balaban J connectivity index is 2.37. The molecule has 1 aromatic heterocycles. The zero-order valence-electron chi connectivity index (χ0n) is 11.6. The number of rotatable bonds is 4. The van der Waals surface area contributed by atoms with Gasteiger partial charge in [-0.25, -0.2) is 4.98 Å². The standard InChI is InChI=1S/C14H18ClN3O/c1-9(2)18-6-5-16-14(18)17-12-7-10(3)11(15)8-13(12)19-4/h5-9H,1-4H3,(H,16,17). The van der Waals surface area contributed by atoms with E-state index in [4.69, 9.17) is 16.3 Å². The van der Waals surface area contributed by atoms with Gasteiger partial charge in [0.15, 0.2) is 0 Å². The topological polar surface area (TPSA) is 39.1 Å². The van der Waals surface area contributed by atoms with E-state index in [0.717, 1.165) is 17.2 Å². The van der Waals surface area contributed by atoms with E-state index in [2.05, 4.69) is 28.7 Å². The number of hydrogen-bond donors (Lipinski definition) is 1. The van der Waals surface area contributed by atoms with Gasteiger partial charge in [-0.2, -0.15) is 0 Å². The van der Waals surface area contributed by atoms with Crippen LogP contribution in [0, 0.1) is 6.92 Å². The van der Waals surface area contributed by atoms with Crippen LogP contribution >= 0.6 is 11.6 Å². The maximum atomic E-state index is 6.10. The van der Waals surface area contributed by atoms with Gasteiger partial charge in [-0.15, -0.1) is 0 Å². The molecule has 1 aromatic carbocycles. The van der Waals surface area contributed by atoms with Crippen LogP contribution in [-0.2, 0) is 0 Å². The Kier molecular flexibility index (Phi) is 4.00. The lowest BCUT2D eigenvalue weighted by Crippen LogP contribution is -2.06. The van der Waals surface area contributed by atoms with E-state index in [1.54, 1.807) is 13.3 Å². The molecule has 102 valence electrons. The molecule has 2 rings (SSSR count). The highest BCUT2D eigenvalue weighted by atomic mass is 35.5. The van der Waals surface area contributed by atoms with Gasteiger partial charge in [0.2, 0.25) is 5.95 Å². The SMILES string of the molecule is COc1cc(Cl)c(C)cc1Nc1nccn1C(C)C. The molecule has 4 nitrogen and oxygen atoms in total. The quantitative estimate of drug-likeness (QED) is 0.912. The van der Waals surface area contributed by atoms with E-state index < -0.39 is 0 Å². The van der Waals surface area contributed by atoms with Crippen molar-refractivity contribution in [3.8, 4) is 5.75 Å². The number of nitrogens with one attached hydrogen (secondary N) is 1. The molecule has 0 radical (unpaired) electrons. The van der Waals surface area contributed by atoms with Crippen molar-refractivity contribution in [3.63, 3.8) is 0 Å². The molecule has 0 fully saturated rings. The largest absolute Gasteiger partial charge is 0.495 e. The number of aryl methyl sites for hydroxylation is 1. The van der Waals surface area contributed by atoms with Crippen LogP contribution in [-0.4, -0.2) is 16.7 Å². The van der Waals surface area contributed by atoms with Crippen molar-refractivity contribution in [2.45, 2.75) is 26.8 Å². The number of halogens is 1. The summed E-state index contributed by atoms with van der Waals surface area (Å²) in [6, 6.07) is 4.10. The number of ether oxygens (including phenoxy) is 1. The van der Waals surface area contributed by atoms with Crippen molar-refractivity contribution in [2.24, 2.45) is 0 Å². The number of aromatic nitrogens is 2. The van der Waals surface area contributed by atoms with Crippen LogP contribution in [0.15, 0.2) is 24.5 Å². The summed E-state index contributed by atoms with van der Waals surface area (Å²) in [7, 11) is 1.63. The third kappa shape index (κ3) is 2.84. The molecule has 0 atom stereocenters. The van der Waals surface area contributed by atoms with Crippen LogP contribution in [0.3, 0.4) is 0 Å². The van der Waals surface area contributed by atoms with Crippen LogP contribution in [0.5, 0.6) is 5.75 Å². The van der Waals surface area contributed by atoms with Gasteiger partial charge >= 0.3 is 0 Å².